The van der Waals surface area contributed by atoms with E-state index in [2.05, 4.69) is 40.9 Å². The molecule has 0 spiro atoms. The quantitative estimate of drug-likeness (QED) is 0.817. The van der Waals surface area contributed by atoms with Crippen LogP contribution in [0.15, 0.2) is 18.2 Å². The zero-order chi connectivity index (χ0) is 14.8. The Morgan fingerprint density at radius 3 is 3.14 bits per heavy atom. The van der Waals surface area contributed by atoms with E-state index in [1.807, 2.05) is 11.0 Å². The van der Waals surface area contributed by atoms with Gasteiger partial charge in [0.25, 0.3) is 5.91 Å². The average Bonchev–Trinajstić information content (AvgIpc) is 2.90. The number of likely N-dealkylation sites (tertiary alicyclic amines) is 1. The van der Waals surface area contributed by atoms with E-state index >= 15 is 0 Å². The number of nitrogens with zero attached hydrogens (tertiary/aromatic N) is 2. The SMILES string of the molecule is CC#CC(=O)N1CCCC(c2nc3ccc(C)cc3[nH]2)C1. The zero-order valence-corrected chi connectivity index (χ0v) is 12.4. The Hall–Kier alpha value is -2.28. The van der Waals surface area contributed by atoms with Crippen molar-refractivity contribution in [1.29, 1.82) is 0 Å². The van der Waals surface area contributed by atoms with Crippen LogP contribution in [0.3, 0.4) is 0 Å². The number of nitrogens with one attached hydrogen (secondary N) is 1. The lowest BCUT2D eigenvalue weighted by atomic mass is 9.97. The van der Waals surface area contributed by atoms with E-state index in [4.69, 9.17) is 0 Å². The van der Waals surface area contributed by atoms with Crippen molar-refractivity contribution in [3.63, 3.8) is 0 Å². The maximum Gasteiger partial charge on any atom is 0.298 e. The van der Waals surface area contributed by atoms with Crippen LogP contribution in [0, 0.1) is 18.8 Å². The molecule has 108 valence electrons. The van der Waals surface area contributed by atoms with Gasteiger partial charge >= 0.3 is 0 Å². The molecular weight excluding hydrogens is 262 g/mol. The average molecular weight is 281 g/mol. The second-order valence-electron chi connectivity index (χ2n) is 5.61. The first-order valence-corrected chi connectivity index (χ1v) is 7.35. The summed E-state index contributed by atoms with van der Waals surface area (Å²) >= 11 is 0. The molecule has 1 aliphatic rings. The molecule has 0 aliphatic carbocycles. The number of aromatic amines is 1. The first-order valence-electron chi connectivity index (χ1n) is 7.35. The van der Waals surface area contributed by atoms with Crippen LogP contribution in [0.4, 0.5) is 0 Å². The fourth-order valence-corrected chi connectivity index (χ4v) is 2.91. The number of hydrogen-bond acceptors (Lipinski definition) is 2. The Morgan fingerprint density at radius 2 is 2.33 bits per heavy atom. The van der Waals surface area contributed by atoms with Crippen molar-refractivity contribution in [2.24, 2.45) is 0 Å². The molecule has 0 radical (unpaired) electrons. The first kappa shape index (κ1) is 13.7. The summed E-state index contributed by atoms with van der Waals surface area (Å²) in [6.07, 6.45) is 2.06. The number of piperidine rings is 1. The topological polar surface area (TPSA) is 49.0 Å². The highest BCUT2D eigenvalue weighted by atomic mass is 16.2. The van der Waals surface area contributed by atoms with Crippen LogP contribution in [0.2, 0.25) is 0 Å². The summed E-state index contributed by atoms with van der Waals surface area (Å²) in [5, 5.41) is 0. The van der Waals surface area contributed by atoms with Crippen LogP contribution in [0.25, 0.3) is 11.0 Å². The minimum atomic E-state index is -0.0749. The van der Waals surface area contributed by atoms with Crippen LogP contribution >= 0.6 is 0 Å². The molecule has 1 aromatic heterocycles. The van der Waals surface area contributed by atoms with E-state index in [1.54, 1.807) is 6.92 Å². The van der Waals surface area contributed by atoms with E-state index < -0.39 is 0 Å². The number of rotatable bonds is 1. The number of aromatic nitrogens is 2. The maximum atomic E-state index is 11.9. The maximum absolute atomic E-state index is 11.9. The molecule has 21 heavy (non-hydrogen) atoms. The molecule has 1 fully saturated rings. The number of aryl methyl sites for hydroxylation is 1. The molecule has 2 aromatic rings. The van der Waals surface area contributed by atoms with Crippen molar-refractivity contribution in [2.45, 2.75) is 32.6 Å². The van der Waals surface area contributed by atoms with Gasteiger partial charge in [-0.1, -0.05) is 12.0 Å². The molecule has 4 nitrogen and oxygen atoms in total. The Bertz CT molecular complexity index is 735. The summed E-state index contributed by atoms with van der Waals surface area (Å²) in [6, 6.07) is 6.22. The van der Waals surface area contributed by atoms with E-state index in [1.165, 1.54) is 5.56 Å². The second kappa shape index (κ2) is 5.61. The van der Waals surface area contributed by atoms with Crippen LogP contribution in [-0.4, -0.2) is 33.9 Å². The summed E-state index contributed by atoms with van der Waals surface area (Å²) in [7, 11) is 0. The molecule has 0 saturated carbocycles. The monoisotopic (exact) mass is 281 g/mol. The first-order chi connectivity index (χ1) is 10.2. The molecule has 1 amide bonds. The number of H-pyrrole nitrogens is 1. The van der Waals surface area contributed by atoms with Gasteiger partial charge in [-0.05, 0) is 50.3 Å². The third-order valence-corrected chi connectivity index (χ3v) is 3.98. The molecule has 3 rings (SSSR count). The predicted octanol–water partition coefficient (Wildman–Crippen LogP) is 2.60. The minimum Gasteiger partial charge on any atom is -0.342 e. The highest BCUT2D eigenvalue weighted by molar-refractivity contribution is 5.93. The Kier molecular flexibility index (Phi) is 3.66. The van der Waals surface area contributed by atoms with Crippen LogP contribution in [0.1, 0.15) is 37.1 Å². The van der Waals surface area contributed by atoms with Crippen molar-refractivity contribution >= 4 is 16.9 Å². The fourth-order valence-electron chi connectivity index (χ4n) is 2.91. The van der Waals surface area contributed by atoms with Crippen molar-refractivity contribution in [2.75, 3.05) is 13.1 Å². The van der Waals surface area contributed by atoms with E-state index in [0.717, 1.165) is 36.2 Å². The number of amides is 1. The van der Waals surface area contributed by atoms with Gasteiger partial charge in [0.2, 0.25) is 0 Å². The van der Waals surface area contributed by atoms with Gasteiger partial charge in [-0.15, -0.1) is 0 Å². The molecule has 1 atom stereocenters. The van der Waals surface area contributed by atoms with Gasteiger partial charge in [-0.3, -0.25) is 4.79 Å². The van der Waals surface area contributed by atoms with Crippen LogP contribution in [-0.2, 0) is 4.79 Å². The van der Waals surface area contributed by atoms with Crippen LogP contribution < -0.4 is 0 Å². The van der Waals surface area contributed by atoms with Crippen molar-refractivity contribution in [3.8, 4) is 11.8 Å². The third-order valence-electron chi connectivity index (χ3n) is 3.98. The molecular formula is C17H19N3O. The molecule has 1 aliphatic heterocycles. The normalized spacial score (nSPS) is 18.4. The van der Waals surface area contributed by atoms with Gasteiger partial charge in [0, 0.05) is 19.0 Å². The molecule has 2 heterocycles. The smallest absolute Gasteiger partial charge is 0.298 e. The summed E-state index contributed by atoms with van der Waals surface area (Å²) in [5.41, 5.74) is 3.28. The number of benzene rings is 1. The Balaban J connectivity index is 1.84. The summed E-state index contributed by atoms with van der Waals surface area (Å²) in [6.45, 7) is 5.26. The molecule has 1 N–H and O–H groups in total. The zero-order valence-electron chi connectivity index (χ0n) is 12.4. The number of hydrogen-bond donors (Lipinski definition) is 1. The minimum absolute atomic E-state index is 0.0749. The molecule has 1 aromatic carbocycles. The van der Waals surface area contributed by atoms with Gasteiger partial charge in [-0.25, -0.2) is 4.98 Å². The number of fused-ring (bicyclic) bond motifs is 1. The predicted molar refractivity (Wildman–Crippen MR) is 82.8 cm³/mol. The summed E-state index contributed by atoms with van der Waals surface area (Å²) in [4.78, 5) is 21.9. The van der Waals surface area contributed by atoms with Crippen LogP contribution in [0.5, 0.6) is 0 Å². The Morgan fingerprint density at radius 1 is 1.48 bits per heavy atom. The molecule has 0 bridgehead atoms. The lowest BCUT2D eigenvalue weighted by molar-refractivity contribution is -0.126. The number of imidazole rings is 1. The number of carbonyl (C=O) groups excluding carboxylic acids is 1. The third kappa shape index (κ3) is 2.78. The van der Waals surface area contributed by atoms with Crippen molar-refractivity contribution < 1.29 is 4.79 Å². The van der Waals surface area contributed by atoms with Gasteiger partial charge < -0.3 is 9.88 Å². The molecule has 1 saturated heterocycles. The van der Waals surface area contributed by atoms with Gasteiger partial charge in [0.05, 0.1) is 11.0 Å². The molecule has 1 unspecified atom stereocenters. The van der Waals surface area contributed by atoms with E-state index in [9.17, 15) is 4.79 Å². The lowest BCUT2D eigenvalue weighted by Crippen LogP contribution is -2.38. The van der Waals surface area contributed by atoms with Gasteiger partial charge in [0.1, 0.15) is 5.82 Å². The van der Waals surface area contributed by atoms with Gasteiger partial charge in [0.15, 0.2) is 0 Å². The lowest BCUT2D eigenvalue weighted by Gasteiger charge is -2.30. The number of carbonyl (C=O) groups is 1. The second-order valence-corrected chi connectivity index (χ2v) is 5.61. The highest BCUT2D eigenvalue weighted by Crippen LogP contribution is 2.27. The summed E-state index contributed by atoms with van der Waals surface area (Å²) < 4.78 is 0. The van der Waals surface area contributed by atoms with Gasteiger partial charge in [-0.2, -0.15) is 0 Å². The Labute approximate surface area is 124 Å². The summed E-state index contributed by atoms with van der Waals surface area (Å²) in [5.74, 6) is 6.49. The molecule has 4 heteroatoms. The van der Waals surface area contributed by atoms with E-state index in [0.29, 0.717) is 6.54 Å². The largest absolute Gasteiger partial charge is 0.342 e. The van der Waals surface area contributed by atoms with Crippen molar-refractivity contribution in [1.82, 2.24) is 14.9 Å². The van der Waals surface area contributed by atoms with E-state index in [-0.39, 0.29) is 11.8 Å². The van der Waals surface area contributed by atoms with Crippen molar-refractivity contribution in [3.05, 3.63) is 29.6 Å². The fraction of sp³-hybridized carbons (Fsp3) is 0.412. The standard InChI is InChI=1S/C17H19N3O/c1-3-5-16(21)20-9-4-6-13(11-20)17-18-14-8-7-12(2)10-15(14)19-17/h7-8,10,13H,4,6,9,11H2,1-2H3,(H,18,19). The highest BCUT2D eigenvalue weighted by Gasteiger charge is 2.26.